The van der Waals surface area contributed by atoms with Crippen molar-refractivity contribution in [3.8, 4) is 39.6 Å². The van der Waals surface area contributed by atoms with E-state index in [-0.39, 0.29) is 0 Å². The molecule has 0 unspecified atom stereocenters. The molecule has 8 bridgehead atoms. The van der Waals surface area contributed by atoms with E-state index in [1.165, 1.54) is 0 Å². The number of hydrogen-bond acceptors (Lipinski definition) is 6. The Morgan fingerprint density at radius 2 is 0.962 bits per heavy atom. The summed E-state index contributed by atoms with van der Waals surface area (Å²) in [5.74, 6) is 0.745. The number of aryl methyl sites for hydroxylation is 4. The number of fused-ring (bicyclic) bond motifs is 8. The van der Waals surface area contributed by atoms with Gasteiger partial charge in [-0.25, -0.2) is 15.0 Å². The molecule has 0 saturated heterocycles. The minimum Gasteiger partial charge on any atom is -0.355 e. The van der Waals surface area contributed by atoms with E-state index in [4.69, 9.17) is 29.9 Å². The third-order valence-electron chi connectivity index (χ3n) is 9.31. The molecule has 9 heterocycles. The van der Waals surface area contributed by atoms with Crippen LogP contribution < -0.4 is 0 Å². The highest BCUT2D eigenvalue weighted by Crippen LogP contribution is 2.46. The van der Waals surface area contributed by atoms with Crippen molar-refractivity contribution in [2.24, 2.45) is 0 Å². The molecule has 0 fully saturated rings. The number of rotatable bonds is 4. The van der Waals surface area contributed by atoms with Gasteiger partial charge in [-0.3, -0.25) is 19.5 Å². The highest BCUT2D eigenvalue weighted by Gasteiger charge is 2.28. The highest BCUT2D eigenvalue weighted by atomic mass is 15.1. The van der Waals surface area contributed by atoms with Gasteiger partial charge >= 0.3 is 0 Å². The van der Waals surface area contributed by atoms with E-state index < -0.39 is 0 Å². The summed E-state index contributed by atoms with van der Waals surface area (Å²) in [6, 6.07) is 26.9. The zero-order valence-electron chi connectivity index (χ0n) is 29.3. The second kappa shape index (κ2) is 12.5. The Morgan fingerprint density at radius 1 is 0.462 bits per heavy atom. The Bertz CT molecular complexity index is 2800. The lowest BCUT2D eigenvalue weighted by Crippen LogP contribution is -2.01. The van der Waals surface area contributed by atoms with Gasteiger partial charge in [0.15, 0.2) is 0 Å². The van der Waals surface area contributed by atoms with Crippen molar-refractivity contribution in [1.82, 2.24) is 39.5 Å². The third kappa shape index (κ3) is 5.70. The van der Waals surface area contributed by atoms with Crippen LogP contribution in [0.2, 0.25) is 0 Å². The van der Waals surface area contributed by atoms with Crippen molar-refractivity contribution in [2.75, 3.05) is 0 Å². The Hall–Kier alpha value is -6.80. The summed E-state index contributed by atoms with van der Waals surface area (Å²) in [6.45, 7) is 8.35. The van der Waals surface area contributed by atoms with Crippen LogP contribution in [0.1, 0.15) is 45.0 Å². The smallest absolute Gasteiger partial charge is 0.137 e. The van der Waals surface area contributed by atoms with Gasteiger partial charge in [0.05, 0.1) is 56.5 Å². The van der Waals surface area contributed by atoms with E-state index in [1.807, 2.05) is 55.1 Å². The van der Waals surface area contributed by atoms with Crippen molar-refractivity contribution >= 4 is 46.4 Å². The van der Waals surface area contributed by atoms with Gasteiger partial charge in [-0.05, 0) is 153 Å². The molecule has 2 aliphatic heterocycles. The molecule has 250 valence electrons. The van der Waals surface area contributed by atoms with E-state index >= 15 is 0 Å². The predicted octanol–water partition coefficient (Wildman–Crippen LogP) is 9.93. The molecule has 0 aliphatic carbocycles. The number of pyridine rings is 4. The Morgan fingerprint density at radius 3 is 1.56 bits per heavy atom. The average molecular weight is 675 g/mol. The van der Waals surface area contributed by atoms with Crippen molar-refractivity contribution in [3.63, 3.8) is 0 Å². The first kappa shape index (κ1) is 31.2. The van der Waals surface area contributed by atoms with Crippen LogP contribution in [0.5, 0.6) is 0 Å². The molecule has 0 saturated carbocycles. The fraction of sp³-hybridized carbons (Fsp3) is 0.0909. The minimum atomic E-state index is 0.745. The highest BCUT2D eigenvalue weighted by molar-refractivity contribution is 6.09. The van der Waals surface area contributed by atoms with Gasteiger partial charge in [-0.2, -0.15) is 0 Å². The largest absolute Gasteiger partial charge is 0.355 e. The Balaban J connectivity index is 1.63. The topological polar surface area (TPSA) is 98.1 Å². The summed E-state index contributed by atoms with van der Waals surface area (Å²) < 4.78 is 2.23. The quantitative estimate of drug-likeness (QED) is 0.200. The first-order valence-corrected chi connectivity index (χ1v) is 17.3. The van der Waals surface area contributed by atoms with Gasteiger partial charge in [0.1, 0.15) is 5.82 Å². The summed E-state index contributed by atoms with van der Waals surface area (Å²) in [5.41, 5.74) is 16.3. The van der Waals surface area contributed by atoms with Gasteiger partial charge in [-0.15, -0.1) is 0 Å². The maximum Gasteiger partial charge on any atom is 0.137 e. The fourth-order valence-electron chi connectivity index (χ4n) is 6.96. The van der Waals surface area contributed by atoms with Crippen LogP contribution in [0, 0.1) is 27.7 Å². The monoisotopic (exact) mass is 674 g/mol. The number of nitrogens with zero attached hydrogens (tertiary/aromatic N) is 7. The predicted molar refractivity (Wildman–Crippen MR) is 210 cm³/mol. The molecule has 8 nitrogen and oxygen atoms in total. The molecular weight excluding hydrogens is 641 g/mol. The van der Waals surface area contributed by atoms with Crippen LogP contribution >= 0.6 is 0 Å². The maximum absolute atomic E-state index is 5.27. The van der Waals surface area contributed by atoms with E-state index in [1.54, 1.807) is 0 Å². The van der Waals surface area contributed by atoms with Gasteiger partial charge in [0, 0.05) is 46.9 Å². The van der Waals surface area contributed by atoms with Crippen molar-refractivity contribution in [1.29, 1.82) is 0 Å². The maximum atomic E-state index is 5.27. The second-order valence-corrected chi connectivity index (χ2v) is 13.4. The molecule has 52 heavy (non-hydrogen) atoms. The second-order valence-electron chi connectivity index (χ2n) is 13.4. The first-order chi connectivity index (χ1) is 25.4. The van der Waals surface area contributed by atoms with Crippen molar-refractivity contribution in [2.45, 2.75) is 27.7 Å². The van der Waals surface area contributed by atoms with Gasteiger partial charge in [0.25, 0.3) is 0 Å². The molecule has 0 radical (unpaired) electrons. The third-order valence-corrected chi connectivity index (χ3v) is 9.31. The van der Waals surface area contributed by atoms with E-state index in [0.29, 0.717) is 0 Å². The number of aromatic amines is 1. The zero-order chi connectivity index (χ0) is 35.3. The van der Waals surface area contributed by atoms with Gasteiger partial charge in [0.2, 0.25) is 0 Å². The molecule has 2 aliphatic rings. The molecule has 9 rings (SSSR count). The summed E-state index contributed by atoms with van der Waals surface area (Å²) >= 11 is 0. The molecule has 0 spiro atoms. The van der Waals surface area contributed by atoms with Crippen LogP contribution in [0.25, 0.3) is 86.0 Å². The summed E-state index contributed by atoms with van der Waals surface area (Å²) in [6.07, 6.45) is 15.7. The summed E-state index contributed by atoms with van der Waals surface area (Å²) in [7, 11) is 0. The van der Waals surface area contributed by atoms with Gasteiger partial charge in [-0.1, -0.05) is 0 Å². The average Bonchev–Trinajstić information content (AvgIpc) is 3.93. The number of H-pyrrole nitrogens is 1. The van der Waals surface area contributed by atoms with Crippen LogP contribution in [-0.4, -0.2) is 39.5 Å². The van der Waals surface area contributed by atoms with Crippen LogP contribution in [-0.2, 0) is 0 Å². The van der Waals surface area contributed by atoms with Crippen LogP contribution in [0.4, 0.5) is 0 Å². The van der Waals surface area contributed by atoms with Crippen LogP contribution in [0.3, 0.4) is 0 Å². The Labute approximate surface area is 301 Å². The molecule has 7 aromatic heterocycles. The van der Waals surface area contributed by atoms with E-state index in [0.717, 1.165) is 107 Å². The van der Waals surface area contributed by atoms with E-state index in [2.05, 4.69) is 110 Å². The molecule has 8 heteroatoms. The lowest BCUT2D eigenvalue weighted by Gasteiger charge is -2.13. The first-order valence-electron chi connectivity index (χ1n) is 17.3. The van der Waals surface area contributed by atoms with Crippen molar-refractivity contribution in [3.05, 3.63) is 149 Å². The fourth-order valence-corrected chi connectivity index (χ4v) is 6.96. The van der Waals surface area contributed by atoms with E-state index in [9.17, 15) is 0 Å². The SMILES string of the molecule is Cc1ccnc(-c2c(-c3cc(C)ccn3)c3c(-c4cc(C)ccn4)c4nc(cc5ccc(cc6nc(cc2n3-c2cc(C)ccn2)C=C6)[nH]5)C=C4)c1. The number of nitrogens with one attached hydrogen (secondary N) is 1. The lowest BCUT2D eigenvalue weighted by atomic mass is 9.97. The molecular formula is C44H34N8. The summed E-state index contributed by atoms with van der Waals surface area (Å²) in [4.78, 5) is 34.0. The molecule has 0 amide bonds. The zero-order valence-corrected chi connectivity index (χ0v) is 29.3. The normalized spacial score (nSPS) is 12.1. The Kier molecular flexibility index (Phi) is 7.51. The number of hydrogen-bond donors (Lipinski definition) is 1. The van der Waals surface area contributed by atoms with Crippen molar-refractivity contribution < 1.29 is 0 Å². The van der Waals surface area contributed by atoms with Crippen LogP contribution in [0.15, 0.2) is 104 Å². The number of aromatic nitrogens is 8. The summed E-state index contributed by atoms with van der Waals surface area (Å²) in [5, 5.41) is 0. The lowest BCUT2D eigenvalue weighted by molar-refractivity contribution is 1.07. The molecule has 7 aromatic rings. The minimum absolute atomic E-state index is 0.745. The molecule has 0 aromatic carbocycles. The van der Waals surface area contributed by atoms with Gasteiger partial charge < -0.3 is 4.98 Å². The molecule has 0 atom stereocenters. The molecule has 1 N–H and O–H groups in total. The standard InChI is InChI=1S/C44H34N8/c1-26-11-15-45-36(19-26)41-35-10-9-33(51-35)24-32-6-5-30(49-32)23-31-7-8-34(50-31)25-39-42(37-20-27(2)12-16-46-37)43(38-21-28(3)13-17-47-38)44(41)52(39)40-22-29(4)14-18-48-40/h5-25,49H,1-4H3.